The molecule has 0 spiro atoms. The summed E-state index contributed by atoms with van der Waals surface area (Å²) in [5.74, 6) is 0. The molecule has 0 bridgehead atoms. The van der Waals surface area contributed by atoms with Gasteiger partial charge in [0.2, 0.25) is 0 Å². The molecule has 1 aliphatic rings. The Labute approximate surface area is 133 Å². The molecule has 2 unspecified atom stereocenters. The van der Waals surface area contributed by atoms with Gasteiger partial charge in [0.1, 0.15) is 0 Å². The van der Waals surface area contributed by atoms with Crippen LogP contribution in [0.1, 0.15) is 38.7 Å². The summed E-state index contributed by atoms with van der Waals surface area (Å²) in [5, 5.41) is 0.783. The average Bonchev–Trinajstić information content (AvgIpc) is 2.45. The summed E-state index contributed by atoms with van der Waals surface area (Å²) in [5.41, 5.74) is 8.49. The maximum absolute atomic E-state index is 6.15. The number of halogens is 1. The predicted octanol–water partition coefficient (Wildman–Crippen LogP) is 3.63. The first-order valence-corrected chi connectivity index (χ1v) is 8.38. The standard InChI is InChI=1S/C17H27ClN2O/c1-3-9-21-16-5-4-8-20(12-16)17-7-6-15(18)11-14(17)10-13(2)19/h6-7,11,13,16H,3-5,8-10,12,19H2,1-2H3. The number of rotatable bonds is 6. The van der Waals surface area contributed by atoms with Gasteiger partial charge in [-0.25, -0.2) is 0 Å². The number of benzene rings is 1. The molecule has 2 atom stereocenters. The third-order valence-electron chi connectivity index (χ3n) is 3.86. The summed E-state index contributed by atoms with van der Waals surface area (Å²) < 4.78 is 5.94. The fourth-order valence-corrected chi connectivity index (χ4v) is 3.15. The first kappa shape index (κ1) is 16.6. The Morgan fingerprint density at radius 3 is 3.00 bits per heavy atom. The van der Waals surface area contributed by atoms with Crippen molar-refractivity contribution in [3.63, 3.8) is 0 Å². The van der Waals surface area contributed by atoms with Gasteiger partial charge in [-0.3, -0.25) is 0 Å². The molecular formula is C17H27ClN2O. The minimum Gasteiger partial charge on any atom is -0.376 e. The Kier molecular flexibility index (Phi) is 6.34. The Morgan fingerprint density at radius 2 is 2.29 bits per heavy atom. The van der Waals surface area contributed by atoms with Crippen molar-refractivity contribution in [1.82, 2.24) is 0 Å². The molecule has 2 rings (SSSR count). The highest BCUT2D eigenvalue weighted by Gasteiger charge is 2.22. The Bertz CT molecular complexity index is 450. The molecule has 1 saturated heterocycles. The largest absolute Gasteiger partial charge is 0.376 e. The molecule has 4 heteroatoms. The van der Waals surface area contributed by atoms with Gasteiger partial charge in [0.15, 0.2) is 0 Å². The second-order valence-corrected chi connectivity index (χ2v) is 6.47. The van der Waals surface area contributed by atoms with Crippen molar-refractivity contribution in [3.8, 4) is 0 Å². The highest BCUT2D eigenvalue weighted by atomic mass is 35.5. The lowest BCUT2D eigenvalue weighted by atomic mass is 10.0. The summed E-state index contributed by atoms with van der Waals surface area (Å²) in [6.07, 6.45) is 4.61. The normalized spacial score (nSPS) is 20.6. The van der Waals surface area contributed by atoms with Gasteiger partial charge in [-0.2, -0.15) is 0 Å². The van der Waals surface area contributed by atoms with E-state index in [0.717, 1.165) is 44.0 Å². The van der Waals surface area contributed by atoms with E-state index in [1.54, 1.807) is 0 Å². The summed E-state index contributed by atoms with van der Waals surface area (Å²) in [7, 11) is 0. The maximum Gasteiger partial charge on any atom is 0.0750 e. The van der Waals surface area contributed by atoms with E-state index in [0.29, 0.717) is 6.10 Å². The monoisotopic (exact) mass is 310 g/mol. The van der Waals surface area contributed by atoms with Crippen molar-refractivity contribution in [2.45, 2.75) is 51.7 Å². The number of nitrogens with two attached hydrogens (primary N) is 1. The van der Waals surface area contributed by atoms with Gasteiger partial charge in [-0.1, -0.05) is 18.5 Å². The Morgan fingerprint density at radius 1 is 1.48 bits per heavy atom. The highest BCUT2D eigenvalue weighted by molar-refractivity contribution is 6.30. The predicted molar refractivity (Wildman–Crippen MR) is 90.3 cm³/mol. The van der Waals surface area contributed by atoms with Crippen LogP contribution in [0.2, 0.25) is 5.02 Å². The van der Waals surface area contributed by atoms with Crippen molar-refractivity contribution in [2.75, 3.05) is 24.6 Å². The van der Waals surface area contributed by atoms with Crippen molar-refractivity contribution in [1.29, 1.82) is 0 Å². The molecule has 3 nitrogen and oxygen atoms in total. The lowest BCUT2D eigenvalue weighted by molar-refractivity contribution is 0.0440. The zero-order chi connectivity index (χ0) is 15.2. The zero-order valence-corrected chi connectivity index (χ0v) is 13.9. The molecule has 21 heavy (non-hydrogen) atoms. The number of hydrogen-bond donors (Lipinski definition) is 1. The SMILES string of the molecule is CCCOC1CCCN(c2ccc(Cl)cc2CC(C)N)C1. The third kappa shape index (κ3) is 4.87. The topological polar surface area (TPSA) is 38.5 Å². The lowest BCUT2D eigenvalue weighted by Crippen LogP contribution is -2.40. The van der Waals surface area contributed by atoms with Gasteiger partial charge in [-0.15, -0.1) is 0 Å². The van der Waals surface area contributed by atoms with E-state index in [1.165, 1.54) is 17.7 Å². The fourth-order valence-electron chi connectivity index (χ4n) is 2.95. The van der Waals surface area contributed by atoms with Crippen molar-refractivity contribution < 1.29 is 4.74 Å². The second-order valence-electron chi connectivity index (χ2n) is 6.04. The van der Waals surface area contributed by atoms with Crippen LogP contribution in [0.25, 0.3) is 0 Å². The number of nitrogens with zero attached hydrogens (tertiary/aromatic N) is 1. The van der Waals surface area contributed by atoms with E-state index in [2.05, 4.69) is 24.0 Å². The summed E-state index contributed by atoms with van der Waals surface area (Å²) in [6, 6.07) is 6.29. The van der Waals surface area contributed by atoms with Crippen molar-refractivity contribution >= 4 is 17.3 Å². The van der Waals surface area contributed by atoms with Crippen LogP contribution in [0.15, 0.2) is 18.2 Å². The van der Waals surface area contributed by atoms with Crippen LogP contribution in [0.3, 0.4) is 0 Å². The summed E-state index contributed by atoms with van der Waals surface area (Å²) in [4.78, 5) is 2.43. The number of ether oxygens (including phenoxy) is 1. The van der Waals surface area contributed by atoms with E-state index < -0.39 is 0 Å². The first-order valence-electron chi connectivity index (χ1n) is 8.00. The lowest BCUT2D eigenvalue weighted by Gasteiger charge is -2.35. The highest BCUT2D eigenvalue weighted by Crippen LogP contribution is 2.28. The molecular weight excluding hydrogens is 284 g/mol. The molecule has 1 aromatic carbocycles. The van der Waals surface area contributed by atoms with Gasteiger partial charge < -0.3 is 15.4 Å². The molecule has 0 saturated carbocycles. The van der Waals surface area contributed by atoms with Crippen LogP contribution < -0.4 is 10.6 Å². The van der Waals surface area contributed by atoms with Crippen molar-refractivity contribution in [3.05, 3.63) is 28.8 Å². The third-order valence-corrected chi connectivity index (χ3v) is 4.10. The number of piperidine rings is 1. The Hall–Kier alpha value is -0.770. The van der Waals surface area contributed by atoms with Gasteiger partial charge in [-0.05, 0) is 56.4 Å². The molecule has 0 radical (unpaired) electrons. The van der Waals surface area contributed by atoms with Crippen LogP contribution in [0.5, 0.6) is 0 Å². The molecule has 1 aromatic rings. The van der Waals surface area contributed by atoms with Crippen LogP contribution in [0.4, 0.5) is 5.69 Å². The average molecular weight is 311 g/mol. The van der Waals surface area contributed by atoms with Gasteiger partial charge in [0, 0.05) is 36.4 Å². The van der Waals surface area contributed by atoms with E-state index in [4.69, 9.17) is 22.1 Å². The second kappa shape index (κ2) is 8.02. The summed E-state index contributed by atoms with van der Waals surface area (Å²) >= 11 is 6.15. The number of hydrogen-bond acceptors (Lipinski definition) is 3. The maximum atomic E-state index is 6.15. The molecule has 1 heterocycles. The van der Waals surface area contributed by atoms with E-state index in [1.807, 2.05) is 13.0 Å². The van der Waals surface area contributed by atoms with Gasteiger partial charge in [0.25, 0.3) is 0 Å². The van der Waals surface area contributed by atoms with Crippen LogP contribution in [0, 0.1) is 0 Å². The molecule has 0 amide bonds. The zero-order valence-electron chi connectivity index (χ0n) is 13.1. The fraction of sp³-hybridized carbons (Fsp3) is 0.647. The van der Waals surface area contributed by atoms with E-state index in [-0.39, 0.29) is 6.04 Å². The van der Waals surface area contributed by atoms with Crippen LogP contribution in [-0.4, -0.2) is 31.8 Å². The molecule has 118 valence electrons. The Balaban J connectivity index is 2.12. The molecule has 2 N–H and O–H groups in total. The van der Waals surface area contributed by atoms with Crippen LogP contribution in [-0.2, 0) is 11.2 Å². The van der Waals surface area contributed by atoms with Gasteiger partial charge >= 0.3 is 0 Å². The smallest absolute Gasteiger partial charge is 0.0750 e. The minimum atomic E-state index is 0.138. The number of anilines is 1. The van der Waals surface area contributed by atoms with E-state index in [9.17, 15) is 0 Å². The minimum absolute atomic E-state index is 0.138. The molecule has 0 aromatic heterocycles. The first-order chi connectivity index (χ1) is 10.1. The van der Waals surface area contributed by atoms with E-state index >= 15 is 0 Å². The van der Waals surface area contributed by atoms with Gasteiger partial charge in [0.05, 0.1) is 6.10 Å². The van der Waals surface area contributed by atoms with Crippen molar-refractivity contribution in [2.24, 2.45) is 5.73 Å². The van der Waals surface area contributed by atoms with Crippen LogP contribution >= 0.6 is 11.6 Å². The molecule has 0 aliphatic carbocycles. The molecule has 1 fully saturated rings. The quantitative estimate of drug-likeness (QED) is 0.872. The summed E-state index contributed by atoms with van der Waals surface area (Å²) in [6.45, 7) is 7.09. The molecule has 1 aliphatic heterocycles.